The van der Waals surface area contributed by atoms with Crippen molar-refractivity contribution < 1.29 is 18.0 Å². The molecule has 3 aromatic rings. The fourth-order valence-corrected chi connectivity index (χ4v) is 2.71. The van der Waals surface area contributed by atoms with E-state index in [-0.39, 0.29) is 17.8 Å². The van der Waals surface area contributed by atoms with Crippen LogP contribution in [0.15, 0.2) is 65.6 Å². The summed E-state index contributed by atoms with van der Waals surface area (Å²) >= 11 is 0. The molecular weight excluding hydrogens is 371 g/mol. The van der Waals surface area contributed by atoms with Crippen LogP contribution in [0, 0.1) is 6.92 Å². The Kier molecular flexibility index (Phi) is 5.30. The molecule has 0 radical (unpaired) electrons. The number of hydrogen-bond donors (Lipinski definition) is 1. The van der Waals surface area contributed by atoms with Gasteiger partial charge in [-0.25, -0.2) is 0 Å². The highest BCUT2D eigenvalue weighted by molar-refractivity contribution is 5.93. The highest BCUT2D eigenvalue weighted by Gasteiger charge is 2.30. The Morgan fingerprint density at radius 2 is 1.89 bits per heavy atom. The highest BCUT2D eigenvalue weighted by atomic mass is 19.4. The third kappa shape index (κ3) is 4.11. The molecule has 0 spiro atoms. The molecule has 0 aliphatic heterocycles. The topological polar surface area (TPSA) is 64.0 Å². The van der Waals surface area contributed by atoms with Crippen LogP contribution < -0.4 is 10.9 Å². The van der Waals surface area contributed by atoms with Crippen molar-refractivity contribution in [2.24, 2.45) is 0 Å². The number of aryl methyl sites for hydroxylation is 1. The van der Waals surface area contributed by atoms with Gasteiger partial charge in [0, 0.05) is 17.6 Å². The highest BCUT2D eigenvalue weighted by Crippen LogP contribution is 2.30. The van der Waals surface area contributed by atoms with E-state index in [0.717, 1.165) is 16.7 Å². The van der Waals surface area contributed by atoms with Crippen LogP contribution in [0.2, 0.25) is 0 Å². The molecule has 8 heteroatoms. The quantitative estimate of drug-likeness (QED) is 0.745. The van der Waals surface area contributed by atoms with Gasteiger partial charge in [0.15, 0.2) is 0 Å². The summed E-state index contributed by atoms with van der Waals surface area (Å²) in [6.45, 7) is 1.70. The molecule has 3 rings (SSSR count). The first-order chi connectivity index (χ1) is 13.3. The molecular formula is C20H16F3N3O2. The van der Waals surface area contributed by atoms with E-state index in [1.54, 1.807) is 31.3 Å². The number of carbonyl (C=O) groups is 1. The van der Waals surface area contributed by atoms with Gasteiger partial charge in [-0.2, -0.15) is 13.2 Å². The summed E-state index contributed by atoms with van der Waals surface area (Å²) in [7, 11) is 0. The number of rotatable bonds is 4. The van der Waals surface area contributed by atoms with Crippen LogP contribution in [0.4, 0.5) is 13.2 Å². The van der Waals surface area contributed by atoms with E-state index in [2.05, 4.69) is 10.3 Å². The second kappa shape index (κ2) is 7.67. The van der Waals surface area contributed by atoms with E-state index >= 15 is 0 Å². The standard InChI is InChI=1S/C20H16F3N3O2/c1-13-8-9-17(18(27)25-12-15-6-2-3-10-24-15)19(28)26(13)16-7-4-5-14(11-16)20(21,22)23/h2-11H,12H2,1H3,(H,25,27). The lowest BCUT2D eigenvalue weighted by atomic mass is 10.1. The van der Waals surface area contributed by atoms with Crippen LogP contribution in [0.3, 0.4) is 0 Å². The molecule has 2 aromatic heterocycles. The molecule has 28 heavy (non-hydrogen) atoms. The van der Waals surface area contributed by atoms with Gasteiger partial charge in [0.1, 0.15) is 5.56 Å². The number of pyridine rings is 2. The molecule has 1 aromatic carbocycles. The van der Waals surface area contributed by atoms with Crippen LogP contribution in [0.5, 0.6) is 0 Å². The zero-order valence-electron chi connectivity index (χ0n) is 14.8. The second-order valence-corrected chi connectivity index (χ2v) is 6.08. The van der Waals surface area contributed by atoms with Gasteiger partial charge >= 0.3 is 6.18 Å². The lowest BCUT2D eigenvalue weighted by Gasteiger charge is -2.14. The SMILES string of the molecule is Cc1ccc(C(=O)NCc2ccccn2)c(=O)n1-c1cccc(C(F)(F)F)c1. The molecule has 0 unspecified atom stereocenters. The summed E-state index contributed by atoms with van der Waals surface area (Å²) in [5.74, 6) is -0.628. The molecule has 0 aliphatic carbocycles. The minimum absolute atomic E-state index is 0.0386. The van der Waals surface area contributed by atoms with Gasteiger partial charge in [-0.1, -0.05) is 12.1 Å². The summed E-state index contributed by atoms with van der Waals surface area (Å²) in [4.78, 5) is 29.3. The zero-order valence-corrected chi connectivity index (χ0v) is 14.8. The van der Waals surface area contributed by atoms with Gasteiger partial charge in [-0.3, -0.25) is 19.1 Å². The predicted octanol–water partition coefficient (Wildman–Crippen LogP) is 3.49. The lowest BCUT2D eigenvalue weighted by molar-refractivity contribution is -0.137. The van der Waals surface area contributed by atoms with Crippen molar-refractivity contribution in [2.75, 3.05) is 0 Å². The molecule has 0 aliphatic rings. The molecule has 0 saturated heterocycles. The summed E-state index contributed by atoms with van der Waals surface area (Å²) < 4.78 is 40.1. The summed E-state index contributed by atoms with van der Waals surface area (Å²) in [6, 6.07) is 12.5. The number of benzene rings is 1. The molecule has 1 N–H and O–H groups in total. The molecule has 0 saturated carbocycles. The zero-order chi connectivity index (χ0) is 20.3. The van der Waals surface area contributed by atoms with Gasteiger partial charge in [0.25, 0.3) is 11.5 Å². The minimum Gasteiger partial charge on any atom is -0.346 e. The maximum Gasteiger partial charge on any atom is 0.416 e. The molecule has 144 valence electrons. The van der Waals surface area contributed by atoms with Gasteiger partial charge in [0.05, 0.1) is 17.8 Å². The maximum atomic E-state index is 13.0. The van der Waals surface area contributed by atoms with Crippen LogP contribution in [-0.4, -0.2) is 15.5 Å². The van der Waals surface area contributed by atoms with Crippen LogP contribution in [0.1, 0.15) is 27.3 Å². The van der Waals surface area contributed by atoms with Crippen molar-refractivity contribution in [3.8, 4) is 5.69 Å². The van der Waals surface area contributed by atoms with Gasteiger partial charge in [0.2, 0.25) is 0 Å². The fraction of sp³-hybridized carbons (Fsp3) is 0.150. The Balaban J connectivity index is 1.95. The van der Waals surface area contributed by atoms with E-state index < -0.39 is 23.2 Å². The largest absolute Gasteiger partial charge is 0.416 e. The average molecular weight is 387 g/mol. The van der Waals surface area contributed by atoms with Crippen LogP contribution in [-0.2, 0) is 12.7 Å². The van der Waals surface area contributed by atoms with E-state index in [4.69, 9.17) is 0 Å². The average Bonchev–Trinajstić information content (AvgIpc) is 2.67. The van der Waals surface area contributed by atoms with Crippen molar-refractivity contribution in [2.45, 2.75) is 19.6 Å². The Morgan fingerprint density at radius 1 is 1.11 bits per heavy atom. The van der Waals surface area contributed by atoms with Gasteiger partial charge in [-0.15, -0.1) is 0 Å². The molecule has 0 bridgehead atoms. The van der Waals surface area contributed by atoms with Gasteiger partial charge < -0.3 is 5.32 Å². The first-order valence-corrected chi connectivity index (χ1v) is 8.36. The maximum absolute atomic E-state index is 13.0. The monoisotopic (exact) mass is 387 g/mol. The Morgan fingerprint density at radius 3 is 2.57 bits per heavy atom. The van der Waals surface area contributed by atoms with Crippen molar-refractivity contribution in [3.05, 3.63) is 93.7 Å². The first kappa shape index (κ1) is 19.3. The summed E-state index contributed by atoms with van der Waals surface area (Å²) in [5, 5.41) is 2.60. The lowest BCUT2D eigenvalue weighted by Crippen LogP contribution is -2.33. The second-order valence-electron chi connectivity index (χ2n) is 6.08. The number of alkyl halides is 3. The number of nitrogens with one attached hydrogen (secondary N) is 1. The van der Waals surface area contributed by atoms with E-state index in [1.165, 1.54) is 24.3 Å². The Bertz CT molecular complexity index is 1060. The molecule has 0 atom stereocenters. The third-order valence-electron chi connectivity index (χ3n) is 4.11. The molecule has 0 fully saturated rings. The number of nitrogens with zero attached hydrogens (tertiary/aromatic N) is 2. The Hall–Kier alpha value is -3.42. The molecule has 5 nitrogen and oxygen atoms in total. The number of hydrogen-bond acceptors (Lipinski definition) is 3. The number of halogens is 3. The fourth-order valence-electron chi connectivity index (χ4n) is 2.71. The normalized spacial score (nSPS) is 11.3. The first-order valence-electron chi connectivity index (χ1n) is 8.36. The number of amides is 1. The van der Waals surface area contributed by atoms with E-state index in [9.17, 15) is 22.8 Å². The molecule has 1 amide bonds. The number of carbonyl (C=O) groups excluding carboxylic acids is 1. The third-order valence-corrected chi connectivity index (χ3v) is 4.11. The van der Waals surface area contributed by atoms with Crippen LogP contribution in [0.25, 0.3) is 5.69 Å². The van der Waals surface area contributed by atoms with Gasteiger partial charge in [-0.05, 0) is 49.4 Å². The smallest absolute Gasteiger partial charge is 0.346 e. The predicted molar refractivity (Wildman–Crippen MR) is 97.2 cm³/mol. The van der Waals surface area contributed by atoms with E-state index in [1.807, 2.05) is 0 Å². The molecule has 2 heterocycles. The van der Waals surface area contributed by atoms with Crippen molar-refractivity contribution in [3.63, 3.8) is 0 Å². The van der Waals surface area contributed by atoms with Crippen molar-refractivity contribution >= 4 is 5.91 Å². The minimum atomic E-state index is -4.54. The van der Waals surface area contributed by atoms with Crippen molar-refractivity contribution in [1.82, 2.24) is 14.9 Å². The number of aromatic nitrogens is 2. The summed E-state index contributed by atoms with van der Waals surface area (Å²) in [6.07, 6.45) is -2.96. The Labute approximate surface area is 158 Å². The summed E-state index contributed by atoms with van der Waals surface area (Å²) in [5.41, 5.74) is -0.679. The van der Waals surface area contributed by atoms with Crippen molar-refractivity contribution in [1.29, 1.82) is 0 Å². The van der Waals surface area contributed by atoms with Crippen LogP contribution >= 0.6 is 0 Å². The van der Waals surface area contributed by atoms with E-state index in [0.29, 0.717) is 11.4 Å².